The highest BCUT2D eigenvalue weighted by Gasteiger charge is 2.52. The van der Waals surface area contributed by atoms with Gasteiger partial charge in [0.25, 0.3) is 0 Å². The molecule has 2 fully saturated rings. The molecule has 1 aliphatic heterocycles. The standard InChI is InChI=1S/C15H23BN2O2/c1-13(2)14(3,4)20-16(19-13)10-8-11(15(5)6-7-15)18-12(17)9-10/h8-9H,6-7H2,1-5H3,(H2,17,18). The molecule has 2 aliphatic rings. The summed E-state index contributed by atoms with van der Waals surface area (Å²) in [5.74, 6) is 0.542. The highest BCUT2D eigenvalue weighted by Crippen LogP contribution is 2.46. The van der Waals surface area contributed by atoms with E-state index < -0.39 is 0 Å². The molecule has 4 nitrogen and oxygen atoms in total. The second-order valence-electron chi connectivity index (χ2n) is 7.36. The average molecular weight is 274 g/mol. The van der Waals surface area contributed by atoms with Crippen molar-refractivity contribution in [3.63, 3.8) is 0 Å². The molecule has 2 N–H and O–H groups in total. The van der Waals surface area contributed by atoms with Gasteiger partial charge in [0.1, 0.15) is 5.82 Å². The number of nitrogen functional groups attached to an aromatic ring is 1. The van der Waals surface area contributed by atoms with Gasteiger partial charge in [0.15, 0.2) is 0 Å². The summed E-state index contributed by atoms with van der Waals surface area (Å²) in [4.78, 5) is 4.48. The molecule has 0 amide bonds. The number of rotatable bonds is 2. The van der Waals surface area contributed by atoms with Crippen molar-refractivity contribution in [2.24, 2.45) is 0 Å². The number of aromatic nitrogens is 1. The van der Waals surface area contributed by atoms with E-state index in [1.54, 1.807) is 0 Å². The van der Waals surface area contributed by atoms with Crippen LogP contribution in [-0.2, 0) is 14.7 Å². The lowest BCUT2D eigenvalue weighted by molar-refractivity contribution is 0.00578. The lowest BCUT2D eigenvalue weighted by Crippen LogP contribution is -2.41. The molecule has 0 unspecified atom stereocenters. The number of anilines is 1. The highest BCUT2D eigenvalue weighted by molar-refractivity contribution is 6.62. The molecular weight excluding hydrogens is 251 g/mol. The van der Waals surface area contributed by atoms with Crippen LogP contribution in [0.25, 0.3) is 0 Å². The molecule has 108 valence electrons. The molecule has 1 aromatic heterocycles. The van der Waals surface area contributed by atoms with Crippen LogP contribution in [0.15, 0.2) is 12.1 Å². The van der Waals surface area contributed by atoms with Gasteiger partial charge in [-0.25, -0.2) is 4.98 Å². The summed E-state index contributed by atoms with van der Waals surface area (Å²) >= 11 is 0. The van der Waals surface area contributed by atoms with Gasteiger partial charge in [-0.15, -0.1) is 0 Å². The molecule has 5 heteroatoms. The van der Waals surface area contributed by atoms with Crippen molar-refractivity contribution in [2.75, 3.05) is 5.73 Å². The second kappa shape index (κ2) is 3.98. The molecule has 20 heavy (non-hydrogen) atoms. The van der Waals surface area contributed by atoms with E-state index in [4.69, 9.17) is 15.0 Å². The van der Waals surface area contributed by atoms with E-state index in [1.807, 2.05) is 6.07 Å². The third kappa shape index (κ3) is 2.13. The van der Waals surface area contributed by atoms with E-state index in [-0.39, 0.29) is 23.7 Å². The SMILES string of the molecule is CC1(c2cc(B3OC(C)(C)C(C)(C)O3)cc(N)n2)CC1. The molecule has 0 aromatic carbocycles. The zero-order chi connectivity index (χ0) is 14.8. The van der Waals surface area contributed by atoms with Crippen LogP contribution in [0.5, 0.6) is 0 Å². The van der Waals surface area contributed by atoms with Crippen molar-refractivity contribution in [2.45, 2.75) is 64.1 Å². The minimum Gasteiger partial charge on any atom is -0.399 e. The zero-order valence-corrected chi connectivity index (χ0v) is 13.0. The largest absolute Gasteiger partial charge is 0.495 e. The first-order valence-corrected chi connectivity index (χ1v) is 7.27. The van der Waals surface area contributed by atoms with Crippen LogP contribution >= 0.6 is 0 Å². The predicted molar refractivity (Wildman–Crippen MR) is 81.0 cm³/mol. The molecule has 1 aromatic rings. The molecule has 2 heterocycles. The van der Waals surface area contributed by atoms with Crippen LogP contribution in [0, 0.1) is 0 Å². The topological polar surface area (TPSA) is 57.4 Å². The Kier molecular flexibility index (Phi) is 2.77. The smallest absolute Gasteiger partial charge is 0.399 e. The summed E-state index contributed by atoms with van der Waals surface area (Å²) in [5.41, 5.74) is 7.51. The van der Waals surface area contributed by atoms with Crippen molar-refractivity contribution in [1.82, 2.24) is 4.98 Å². The molecular formula is C15H23BN2O2. The fourth-order valence-corrected chi connectivity index (χ4v) is 2.44. The molecule has 1 saturated heterocycles. The first kappa shape index (κ1) is 13.9. The Bertz CT molecular complexity index is 537. The highest BCUT2D eigenvalue weighted by atomic mass is 16.7. The predicted octanol–water partition coefficient (Wildman–Crippen LogP) is 2.01. The Morgan fingerprint density at radius 2 is 1.60 bits per heavy atom. The lowest BCUT2D eigenvalue weighted by atomic mass is 9.78. The summed E-state index contributed by atoms with van der Waals surface area (Å²) < 4.78 is 12.2. The maximum atomic E-state index is 6.09. The van der Waals surface area contributed by atoms with Crippen molar-refractivity contribution in [1.29, 1.82) is 0 Å². The number of pyridine rings is 1. The van der Waals surface area contributed by atoms with E-state index in [2.05, 4.69) is 45.7 Å². The van der Waals surface area contributed by atoms with Gasteiger partial charge in [0.05, 0.1) is 11.2 Å². The number of nitrogens with zero attached hydrogens (tertiary/aromatic N) is 1. The summed E-state index contributed by atoms with van der Waals surface area (Å²) in [6.45, 7) is 10.4. The molecule has 0 radical (unpaired) electrons. The fourth-order valence-electron chi connectivity index (χ4n) is 2.44. The third-order valence-corrected chi connectivity index (χ3v) is 5.01. The Morgan fingerprint density at radius 1 is 1.05 bits per heavy atom. The van der Waals surface area contributed by atoms with Gasteiger partial charge in [-0.2, -0.15) is 0 Å². The minimum atomic E-state index is -0.369. The normalized spacial score (nSPS) is 25.8. The summed E-state index contributed by atoms with van der Waals surface area (Å²) in [7, 11) is -0.369. The number of hydrogen-bond donors (Lipinski definition) is 1. The van der Waals surface area contributed by atoms with E-state index in [0.717, 1.165) is 11.2 Å². The van der Waals surface area contributed by atoms with Crippen molar-refractivity contribution >= 4 is 18.4 Å². The Hall–Kier alpha value is -1.07. The number of hydrogen-bond acceptors (Lipinski definition) is 4. The quantitative estimate of drug-likeness (QED) is 0.838. The van der Waals surface area contributed by atoms with Crippen molar-refractivity contribution < 1.29 is 9.31 Å². The van der Waals surface area contributed by atoms with Gasteiger partial charge in [0, 0.05) is 11.1 Å². The van der Waals surface area contributed by atoms with Gasteiger partial charge < -0.3 is 15.0 Å². The van der Waals surface area contributed by atoms with Crippen LogP contribution in [0.2, 0.25) is 0 Å². The summed E-state index contributed by atoms with van der Waals surface area (Å²) in [5, 5.41) is 0. The Labute approximate surface area is 121 Å². The first-order valence-electron chi connectivity index (χ1n) is 7.27. The van der Waals surface area contributed by atoms with Crippen molar-refractivity contribution in [3.8, 4) is 0 Å². The molecule has 0 atom stereocenters. The Morgan fingerprint density at radius 3 is 2.10 bits per heavy atom. The van der Waals surface area contributed by atoms with Gasteiger partial charge in [-0.1, -0.05) is 6.92 Å². The molecule has 0 bridgehead atoms. The Balaban J connectivity index is 1.94. The minimum absolute atomic E-state index is 0.188. The summed E-state index contributed by atoms with van der Waals surface area (Å²) in [6, 6.07) is 3.95. The lowest BCUT2D eigenvalue weighted by Gasteiger charge is -2.32. The van der Waals surface area contributed by atoms with E-state index in [0.29, 0.717) is 5.82 Å². The maximum Gasteiger partial charge on any atom is 0.495 e. The molecule has 1 saturated carbocycles. The average Bonchev–Trinajstić information content (AvgIpc) is 3.01. The molecule has 0 spiro atoms. The van der Waals surface area contributed by atoms with Gasteiger partial charge in [0.2, 0.25) is 0 Å². The zero-order valence-electron chi connectivity index (χ0n) is 13.0. The molecule has 1 aliphatic carbocycles. The van der Waals surface area contributed by atoms with Gasteiger partial charge >= 0.3 is 7.12 Å². The first-order chi connectivity index (χ1) is 9.13. The second-order valence-corrected chi connectivity index (χ2v) is 7.36. The van der Waals surface area contributed by atoms with E-state index >= 15 is 0 Å². The van der Waals surface area contributed by atoms with Crippen LogP contribution < -0.4 is 11.2 Å². The van der Waals surface area contributed by atoms with E-state index in [1.165, 1.54) is 12.8 Å². The third-order valence-electron chi connectivity index (χ3n) is 5.01. The fraction of sp³-hybridized carbons (Fsp3) is 0.667. The van der Waals surface area contributed by atoms with E-state index in [9.17, 15) is 0 Å². The van der Waals surface area contributed by atoms with Gasteiger partial charge in [-0.3, -0.25) is 0 Å². The van der Waals surface area contributed by atoms with Crippen LogP contribution in [0.3, 0.4) is 0 Å². The molecule has 3 rings (SSSR count). The van der Waals surface area contributed by atoms with Crippen LogP contribution in [-0.4, -0.2) is 23.3 Å². The maximum absolute atomic E-state index is 6.09. The van der Waals surface area contributed by atoms with Crippen LogP contribution in [0.1, 0.15) is 53.2 Å². The summed E-state index contributed by atoms with van der Waals surface area (Å²) in [6.07, 6.45) is 2.35. The van der Waals surface area contributed by atoms with Crippen LogP contribution in [0.4, 0.5) is 5.82 Å². The monoisotopic (exact) mass is 274 g/mol. The van der Waals surface area contributed by atoms with Crippen molar-refractivity contribution in [3.05, 3.63) is 17.8 Å². The number of nitrogens with two attached hydrogens (primary N) is 1. The van der Waals surface area contributed by atoms with Gasteiger partial charge in [-0.05, 0) is 58.1 Å².